The summed E-state index contributed by atoms with van der Waals surface area (Å²) in [5.41, 5.74) is 0.311. The molecule has 1 aliphatic rings. The molecule has 8 nitrogen and oxygen atoms in total. The largest absolute Gasteiger partial charge is 0.317 e. The average molecular weight is 358 g/mol. The van der Waals surface area contributed by atoms with E-state index in [4.69, 9.17) is 0 Å². The molecule has 0 atom stereocenters. The Kier molecular flexibility index (Phi) is 6.43. The molecule has 0 bridgehead atoms. The van der Waals surface area contributed by atoms with E-state index in [0.29, 0.717) is 16.9 Å². The zero-order valence-corrected chi connectivity index (χ0v) is 14.5. The van der Waals surface area contributed by atoms with Gasteiger partial charge in [-0.3, -0.25) is 10.1 Å². The number of anilines is 1. The number of piperidine rings is 1. The summed E-state index contributed by atoms with van der Waals surface area (Å²) in [5.74, 6) is -0.292. The molecule has 0 unspecified atom stereocenters. The van der Waals surface area contributed by atoms with E-state index >= 15 is 0 Å². The second-order valence-electron chi connectivity index (χ2n) is 5.27. The van der Waals surface area contributed by atoms with Crippen molar-refractivity contribution in [2.24, 2.45) is 0 Å². The van der Waals surface area contributed by atoms with Gasteiger partial charge in [0.05, 0.1) is 12.2 Å². The first kappa shape index (κ1) is 17.8. The lowest BCUT2D eigenvalue weighted by Crippen LogP contribution is -2.29. The molecule has 2 N–H and O–H groups in total. The zero-order chi connectivity index (χ0) is 15.4. The number of rotatable bonds is 5. The number of hydrogen-bond donors (Lipinski definition) is 2. The van der Waals surface area contributed by atoms with Crippen LogP contribution in [0.3, 0.4) is 0 Å². The molecule has 0 radical (unpaired) electrons. The minimum absolute atomic E-state index is 0. The molecule has 1 amide bonds. The molecule has 0 aliphatic carbocycles. The lowest BCUT2D eigenvalue weighted by atomic mass is 10.1. The van der Waals surface area contributed by atoms with Crippen molar-refractivity contribution in [3.05, 3.63) is 16.9 Å². The molecule has 2 aromatic heterocycles. The molecule has 1 saturated heterocycles. The summed E-state index contributed by atoms with van der Waals surface area (Å²) in [7, 11) is 0. The van der Waals surface area contributed by atoms with E-state index in [2.05, 4.69) is 38.1 Å². The number of nitrogens with one attached hydrogen (secondary N) is 2. The van der Waals surface area contributed by atoms with Crippen LogP contribution in [0.5, 0.6) is 0 Å². The SMILES string of the molecule is CCCc1nnc(NC(=O)c2cn(C3CCNCC3)nn2)s1.Cl. The predicted octanol–water partition coefficient (Wildman–Crippen LogP) is 1.68. The molecule has 1 aliphatic heterocycles. The Morgan fingerprint density at radius 3 is 2.91 bits per heavy atom. The van der Waals surface area contributed by atoms with Gasteiger partial charge in [-0.1, -0.05) is 23.5 Å². The van der Waals surface area contributed by atoms with Gasteiger partial charge in [-0.15, -0.1) is 27.7 Å². The van der Waals surface area contributed by atoms with Crippen LogP contribution in [0.1, 0.15) is 47.7 Å². The Balaban J connectivity index is 0.00000192. The van der Waals surface area contributed by atoms with Gasteiger partial charge < -0.3 is 5.32 Å². The quantitative estimate of drug-likeness (QED) is 0.844. The molecular weight excluding hydrogens is 338 g/mol. The molecule has 2 aromatic rings. The van der Waals surface area contributed by atoms with Crippen molar-refractivity contribution in [2.45, 2.75) is 38.6 Å². The molecule has 0 spiro atoms. The van der Waals surface area contributed by atoms with Gasteiger partial charge in [-0.25, -0.2) is 4.68 Å². The summed E-state index contributed by atoms with van der Waals surface area (Å²) >= 11 is 1.40. The maximum atomic E-state index is 12.2. The van der Waals surface area contributed by atoms with E-state index in [9.17, 15) is 4.79 Å². The minimum atomic E-state index is -0.292. The van der Waals surface area contributed by atoms with Crippen molar-refractivity contribution in [1.82, 2.24) is 30.5 Å². The van der Waals surface area contributed by atoms with Gasteiger partial charge in [-0.2, -0.15) is 0 Å². The maximum absolute atomic E-state index is 12.2. The van der Waals surface area contributed by atoms with E-state index in [1.54, 1.807) is 10.9 Å². The van der Waals surface area contributed by atoms with Crippen LogP contribution < -0.4 is 10.6 Å². The second kappa shape index (κ2) is 8.32. The smallest absolute Gasteiger partial charge is 0.279 e. The van der Waals surface area contributed by atoms with E-state index in [1.807, 2.05) is 0 Å². The van der Waals surface area contributed by atoms with Crippen LogP contribution in [0.25, 0.3) is 0 Å². The van der Waals surface area contributed by atoms with E-state index < -0.39 is 0 Å². The number of hydrogen-bond acceptors (Lipinski definition) is 7. The highest BCUT2D eigenvalue weighted by Crippen LogP contribution is 2.19. The number of nitrogens with zero attached hydrogens (tertiary/aromatic N) is 5. The number of carbonyl (C=O) groups is 1. The molecule has 1 fully saturated rings. The Labute approximate surface area is 144 Å². The highest BCUT2D eigenvalue weighted by atomic mass is 35.5. The third-order valence-corrected chi connectivity index (χ3v) is 4.48. The average Bonchev–Trinajstić information content (AvgIpc) is 3.18. The zero-order valence-electron chi connectivity index (χ0n) is 12.9. The first-order chi connectivity index (χ1) is 10.8. The van der Waals surface area contributed by atoms with Crippen LogP contribution in [-0.2, 0) is 6.42 Å². The number of carbonyl (C=O) groups excluding carboxylic acids is 1. The van der Waals surface area contributed by atoms with Gasteiger partial charge in [0, 0.05) is 6.42 Å². The highest BCUT2D eigenvalue weighted by Gasteiger charge is 2.19. The van der Waals surface area contributed by atoms with Crippen LogP contribution in [-0.4, -0.2) is 44.2 Å². The predicted molar refractivity (Wildman–Crippen MR) is 90.3 cm³/mol. The van der Waals surface area contributed by atoms with Crippen molar-refractivity contribution in [3.8, 4) is 0 Å². The summed E-state index contributed by atoms with van der Waals surface area (Å²) in [4.78, 5) is 12.2. The maximum Gasteiger partial charge on any atom is 0.279 e. The van der Waals surface area contributed by atoms with Gasteiger partial charge in [0.2, 0.25) is 5.13 Å². The Morgan fingerprint density at radius 1 is 1.39 bits per heavy atom. The van der Waals surface area contributed by atoms with E-state index in [0.717, 1.165) is 43.8 Å². The van der Waals surface area contributed by atoms with Gasteiger partial charge >= 0.3 is 0 Å². The molecule has 0 saturated carbocycles. The van der Waals surface area contributed by atoms with Crippen molar-refractivity contribution in [3.63, 3.8) is 0 Å². The van der Waals surface area contributed by atoms with Crippen LogP contribution in [0.15, 0.2) is 6.20 Å². The topological polar surface area (TPSA) is 97.6 Å². The lowest BCUT2D eigenvalue weighted by molar-refractivity contribution is 0.102. The van der Waals surface area contributed by atoms with Gasteiger partial charge in [0.15, 0.2) is 5.69 Å². The second-order valence-corrected chi connectivity index (χ2v) is 6.33. The molecular formula is C13H20ClN7OS. The van der Waals surface area contributed by atoms with Gasteiger partial charge in [0.1, 0.15) is 5.01 Å². The van der Waals surface area contributed by atoms with Crippen molar-refractivity contribution in [1.29, 1.82) is 0 Å². The summed E-state index contributed by atoms with van der Waals surface area (Å²) in [6.45, 7) is 4.02. The van der Waals surface area contributed by atoms with Crippen LogP contribution >= 0.6 is 23.7 Å². The number of halogens is 1. The Hall–Kier alpha value is -1.58. The monoisotopic (exact) mass is 357 g/mol. The first-order valence-corrected chi connectivity index (χ1v) is 8.34. The first-order valence-electron chi connectivity index (χ1n) is 7.52. The van der Waals surface area contributed by atoms with Crippen molar-refractivity contribution in [2.75, 3.05) is 18.4 Å². The molecule has 126 valence electrons. The normalized spacial score (nSPS) is 15.2. The van der Waals surface area contributed by atoms with Crippen LogP contribution in [0.2, 0.25) is 0 Å². The minimum Gasteiger partial charge on any atom is -0.317 e. The fourth-order valence-corrected chi connectivity index (χ4v) is 3.25. The number of amides is 1. The molecule has 23 heavy (non-hydrogen) atoms. The third-order valence-electron chi connectivity index (χ3n) is 3.58. The van der Waals surface area contributed by atoms with E-state index in [1.165, 1.54) is 11.3 Å². The molecule has 0 aromatic carbocycles. The summed E-state index contributed by atoms with van der Waals surface area (Å²) in [5, 5.41) is 23.5. The van der Waals surface area contributed by atoms with E-state index in [-0.39, 0.29) is 18.3 Å². The summed E-state index contributed by atoms with van der Waals surface area (Å²) in [6.07, 6.45) is 5.59. The third kappa shape index (κ3) is 4.46. The highest BCUT2D eigenvalue weighted by molar-refractivity contribution is 7.15. The van der Waals surface area contributed by atoms with Crippen molar-refractivity contribution < 1.29 is 4.79 Å². The van der Waals surface area contributed by atoms with Crippen LogP contribution in [0.4, 0.5) is 5.13 Å². The standard InChI is InChI=1S/C13H19N7OS.ClH/c1-2-3-11-17-18-13(22-11)15-12(21)10-8-20(19-16-10)9-4-6-14-7-5-9;/h8-9,14H,2-7H2,1H3,(H,15,18,21);1H. The van der Waals surface area contributed by atoms with Gasteiger partial charge in [-0.05, 0) is 32.4 Å². The summed E-state index contributed by atoms with van der Waals surface area (Å²) < 4.78 is 1.79. The fourth-order valence-electron chi connectivity index (χ4n) is 2.41. The molecule has 3 rings (SSSR count). The number of aryl methyl sites for hydroxylation is 1. The summed E-state index contributed by atoms with van der Waals surface area (Å²) in [6, 6.07) is 0.313. The lowest BCUT2D eigenvalue weighted by Gasteiger charge is -2.21. The van der Waals surface area contributed by atoms with Crippen LogP contribution in [0, 0.1) is 0 Å². The molecule has 3 heterocycles. The fraction of sp³-hybridized carbons (Fsp3) is 0.615. The van der Waals surface area contributed by atoms with Crippen molar-refractivity contribution >= 4 is 34.8 Å². The van der Waals surface area contributed by atoms with Gasteiger partial charge in [0.25, 0.3) is 5.91 Å². The molecule has 10 heteroatoms. The Bertz CT molecular complexity index is 638. The Morgan fingerprint density at radius 2 is 2.17 bits per heavy atom. The number of aromatic nitrogens is 5.